The second-order valence-corrected chi connectivity index (χ2v) is 8.51. The third-order valence-corrected chi connectivity index (χ3v) is 6.38. The summed E-state index contributed by atoms with van der Waals surface area (Å²) in [4.78, 5) is 41.7. The fraction of sp³-hybridized carbons (Fsp3) is 0.600. The van der Waals surface area contributed by atoms with Gasteiger partial charge in [-0.3, -0.25) is 19.7 Å². The van der Waals surface area contributed by atoms with Gasteiger partial charge in [-0.25, -0.2) is 0 Å². The second kappa shape index (κ2) is 8.18. The van der Waals surface area contributed by atoms with Gasteiger partial charge in [0.05, 0.1) is 4.92 Å². The molecule has 9 heteroatoms. The molecule has 4 rings (SSSR count). The Bertz CT molecular complexity index is 813. The topological polar surface area (TPSA) is 87.0 Å². The van der Waals surface area contributed by atoms with Crippen LogP contribution in [-0.4, -0.2) is 65.8 Å². The molecular formula is C20H25ClN4O4. The van der Waals surface area contributed by atoms with Crippen LogP contribution >= 0.6 is 11.6 Å². The molecule has 156 valence electrons. The molecule has 3 fully saturated rings. The average molecular weight is 421 g/mol. The van der Waals surface area contributed by atoms with Gasteiger partial charge in [0, 0.05) is 62.2 Å². The van der Waals surface area contributed by atoms with E-state index in [4.69, 9.17) is 11.6 Å². The molecule has 0 aromatic heterocycles. The van der Waals surface area contributed by atoms with Crippen molar-refractivity contribution in [3.63, 3.8) is 0 Å². The van der Waals surface area contributed by atoms with Gasteiger partial charge in [0.1, 0.15) is 5.69 Å². The Labute approximate surface area is 174 Å². The predicted octanol–water partition coefficient (Wildman–Crippen LogP) is 2.55. The number of likely N-dealkylation sites (tertiary alicyclic amines) is 1. The van der Waals surface area contributed by atoms with Crippen LogP contribution in [0.3, 0.4) is 0 Å². The zero-order valence-corrected chi connectivity index (χ0v) is 17.0. The highest BCUT2D eigenvalue weighted by molar-refractivity contribution is 6.30. The van der Waals surface area contributed by atoms with Crippen LogP contribution in [0.25, 0.3) is 0 Å². The molecule has 8 nitrogen and oxygen atoms in total. The van der Waals surface area contributed by atoms with E-state index in [2.05, 4.69) is 0 Å². The summed E-state index contributed by atoms with van der Waals surface area (Å²) in [5, 5.41) is 11.7. The van der Waals surface area contributed by atoms with Gasteiger partial charge in [0.25, 0.3) is 5.69 Å². The summed E-state index contributed by atoms with van der Waals surface area (Å²) in [5.74, 6) is 0.602. The van der Waals surface area contributed by atoms with Crippen molar-refractivity contribution < 1.29 is 14.5 Å². The van der Waals surface area contributed by atoms with Crippen molar-refractivity contribution in [1.29, 1.82) is 0 Å². The number of nitro benzene ring substituents is 1. The van der Waals surface area contributed by atoms with Crippen molar-refractivity contribution in [3.8, 4) is 0 Å². The number of halogens is 1. The van der Waals surface area contributed by atoms with Crippen molar-refractivity contribution in [2.45, 2.75) is 25.7 Å². The van der Waals surface area contributed by atoms with Gasteiger partial charge in [0.15, 0.2) is 0 Å². The van der Waals surface area contributed by atoms with Gasteiger partial charge >= 0.3 is 0 Å². The molecule has 0 atom stereocenters. The lowest BCUT2D eigenvalue weighted by Gasteiger charge is -2.39. The molecule has 29 heavy (non-hydrogen) atoms. The third kappa shape index (κ3) is 4.32. The molecule has 2 amide bonds. The zero-order chi connectivity index (χ0) is 20.5. The van der Waals surface area contributed by atoms with Gasteiger partial charge in [-0.15, -0.1) is 0 Å². The van der Waals surface area contributed by atoms with Crippen LogP contribution in [0, 0.1) is 22.0 Å². The number of rotatable bonds is 4. The van der Waals surface area contributed by atoms with E-state index in [0.29, 0.717) is 50.0 Å². The molecular weight excluding hydrogens is 396 g/mol. The minimum atomic E-state index is -0.421. The first kappa shape index (κ1) is 19.9. The van der Waals surface area contributed by atoms with Crippen LogP contribution in [0.2, 0.25) is 5.02 Å². The summed E-state index contributed by atoms with van der Waals surface area (Å²) in [6.07, 6.45) is 3.46. The second-order valence-electron chi connectivity index (χ2n) is 8.08. The number of anilines is 1. The average Bonchev–Trinajstić information content (AvgIpc) is 3.58. The maximum atomic E-state index is 12.9. The van der Waals surface area contributed by atoms with Crippen molar-refractivity contribution in [2.24, 2.45) is 11.8 Å². The number of hydrogen-bond acceptors (Lipinski definition) is 5. The Balaban J connectivity index is 1.31. The fourth-order valence-electron chi connectivity index (χ4n) is 4.27. The summed E-state index contributed by atoms with van der Waals surface area (Å²) < 4.78 is 0. The molecule has 0 spiro atoms. The molecule has 1 aromatic rings. The van der Waals surface area contributed by atoms with Gasteiger partial charge in [-0.1, -0.05) is 11.6 Å². The van der Waals surface area contributed by atoms with Crippen molar-refractivity contribution in [1.82, 2.24) is 9.80 Å². The number of carbonyl (C=O) groups excluding carboxylic acids is 2. The Morgan fingerprint density at radius 3 is 2.00 bits per heavy atom. The van der Waals surface area contributed by atoms with E-state index in [1.807, 2.05) is 14.7 Å². The van der Waals surface area contributed by atoms with Gasteiger partial charge in [-0.2, -0.15) is 0 Å². The van der Waals surface area contributed by atoms with Crippen LogP contribution in [0.5, 0.6) is 0 Å². The first-order chi connectivity index (χ1) is 13.9. The summed E-state index contributed by atoms with van der Waals surface area (Å²) >= 11 is 5.90. The number of amides is 2. The monoisotopic (exact) mass is 420 g/mol. The minimum Gasteiger partial charge on any atom is -0.362 e. The molecule has 0 unspecified atom stereocenters. The molecule has 2 saturated heterocycles. The van der Waals surface area contributed by atoms with E-state index in [1.165, 1.54) is 6.07 Å². The lowest BCUT2D eigenvalue weighted by atomic mass is 9.94. The van der Waals surface area contributed by atoms with Gasteiger partial charge in [-0.05, 0) is 37.8 Å². The SMILES string of the molecule is O=C(C1CC1)N1CCC(C(=O)N2CCN(c3ccc(Cl)cc3[N+](=O)[O-])CC2)CC1. The normalized spacial score (nSPS) is 20.7. The van der Waals surface area contributed by atoms with E-state index >= 15 is 0 Å². The van der Waals surface area contributed by atoms with Crippen molar-refractivity contribution in [3.05, 3.63) is 33.3 Å². The molecule has 0 N–H and O–H groups in total. The minimum absolute atomic E-state index is 0.00928. The quantitative estimate of drug-likeness (QED) is 0.551. The highest BCUT2D eigenvalue weighted by atomic mass is 35.5. The predicted molar refractivity (Wildman–Crippen MR) is 109 cm³/mol. The molecule has 3 aliphatic rings. The van der Waals surface area contributed by atoms with Crippen molar-refractivity contribution >= 4 is 34.8 Å². The first-order valence-corrected chi connectivity index (χ1v) is 10.6. The number of carbonyl (C=O) groups is 2. The fourth-order valence-corrected chi connectivity index (χ4v) is 4.44. The van der Waals surface area contributed by atoms with E-state index in [0.717, 1.165) is 25.7 Å². The number of piperidine rings is 1. The van der Waals surface area contributed by atoms with E-state index in [1.54, 1.807) is 12.1 Å². The Hall–Kier alpha value is -2.35. The van der Waals surface area contributed by atoms with Crippen molar-refractivity contribution in [2.75, 3.05) is 44.2 Å². The number of benzene rings is 1. The maximum absolute atomic E-state index is 12.9. The Morgan fingerprint density at radius 2 is 1.45 bits per heavy atom. The number of nitrogens with zero attached hydrogens (tertiary/aromatic N) is 4. The standard InChI is InChI=1S/C20H25ClN4O4/c21-16-3-4-17(18(13-16)25(28)29)22-9-11-24(12-10-22)20(27)15-5-7-23(8-6-15)19(26)14-1-2-14/h3-4,13-15H,1-2,5-12H2. The highest BCUT2D eigenvalue weighted by Crippen LogP contribution is 2.34. The smallest absolute Gasteiger partial charge is 0.294 e. The van der Waals surface area contributed by atoms with Crippen LogP contribution in [-0.2, 0) is 9.59 Å². The lowest BCUT2D eigenvalue weighted by Crippen LogP contribution is -2.52. The molecule has 2 heterocycles. The highest BCUT2D eigenvalue weighted by Gasteiger charge is 2.37. The number of nitro groups is 1. The molecule has 1 aliphatic carbocycles. The van der Waals surface area contributed by atoms with E-state index in [9.17, 15) is 19.7 Å². The summed E-state index contributed by atoms with van der Waals surface area (Å²) in [5.41, 5.74) is 0.531. The Kier molecular flexibility index (Phi) is 5.63. The third-order valence-electron chi connectivity index (χ3n) is 6.15. The molecule has 0 radical (unpaired) electrons. The maximum Gasteiger partial charge on any atom is 0.294 e. The van der Waals surface area contributed by atoms with Crippen LogP contribution in [0.15, 0.2) is 18.2 Å². The van der Waals surface area contributed by atoms with Crippen LogP contribution in [0.1, 0.15) is 25.7 Å². The molecule has 1 aromatic carbocycles. The van der Waals surface area contributed by atoms with Crippen LogP contribution in [0.4, 0.5) is 11.4 Å². The summed E-state index contributed by atoms with van der Waals surface area (Å²) in [6, 6.07) is 4.69. The summed E-state index contributed by atoms with van der Waals surface area (Å²) in [7, 11) is 0. The lowest BCUT2D eigenvalue weighted by molar-refractivity contribution is -0.384. The van der Waals surface area contributed by atoms with Gasteiger partial charge in [0.2, 0.25) is 11.8 Å². The molecule has 1 saturated carbocycles. The van der Waals surface area contributed by atoms with Gasteiger partial charge < -0.3 is 14.7 Å². The first-order valence-electron chi connectivity index (χ1n) is 10.2. The van der Waals surface area contributed by atoms with Crippen LogP contribution < -0.4 is 4.90 Å². The molecule has 0 bridgehead atoms. The number of hydrogen-bond donors (Lipinski definition) is 0. The largest absolute Gasteiger partial charge is 0.362 e. The zero-order valence-electron chi connectivity index (χ0n) is 16.3. The summed E-state index contributed by atoms with van der Waals surface area (Å²) in [6.45, 7) is 3.52. The van der Waals surface area contributed by atoms with E-state index < -0.39 is 4.92 Å². The molecule has 2 aliphatic heterocycles. The number of piperazine rings is 1. The van der Waals surface area contributed by atoms with E-state index in [-0.39, 0.29) is 29.3 Å². The Morgan fingerprint density at radius 1 is 0.897 bits per heavy atom.